The van der Waals surface area contributed by atoms with Crippen LogP contribution in [0.5, 0.6) is 5.88 Å². The predicted octanol–water partition coefficient (Wildman–Crippen LogP) is 3.90. The monoisotopic (exact) mass is 373 g/mol. The lowest BCUT2D eigenvalue weighted by atomic mass is 10.2. The minimum Gasteiger partial charge on any atom is -0.475 e. The van der Waals surface area contributed by atoms with Gasteiger partial charge in [-0.2, -0.15) is 0 Å². The molecular formula is C19H20ClN3O3. The smallest absolute Gasteiger partial charge is 0.257 e. The van der Waals surface area contributed by atoms with Gasteiger partial charge in [-0.25, -0.2) is 4.98 Å². The highest BCUT2D eigenvalue weighted by Crippen LogP contribution is 2.30. The van der Waals surface area contributed by atoms with Gasteiger partial charge in [-0.1, -0.05) is 11.6 Å². The van der Waals surface area contributed by atoms with Crippen molar-refractivity contribution >= 4 is 34.8 Å². The van der Waals surface area contributed by atoms with E-state index < -0.39 is 0 Å². The quantitative estimate of drug-likeness (QED) is 0.862. The third-order valence-electron chi connectivity index (χ3n) is 3.94. The van der Waals surface area contributed by atoms with Crippen LogP contribution in [-0.2, 0) is 4.79 Å². The maximum Gasteiger partial charge on any atom is 0.257 e. The second kappa shape index (κ2) is 7.74. The number of carbonyl (C=O) groups is 2. The zero-order valence-electron chi connectivity index (χ0n) is 14.7. The highest BCUT2D eigenvalue weighted by atomic mass is 35.5. The number of benzene rings is 1. The number of amides is 2. The van der Waals surface area contributed by atoms with Crippen molar-refractivity contribution in [1.82, 2.24) is 4.98 Å². The molecule has 0 saturated carbocycles. The van der Waals surface area contributed by atoms with Gasteiger partial charge in [0, 0.05) is 30.9 Å². The molecule has 0 radical (unpaired) electrons. The molecule has 136 valence electrons. The Morgan fingerprint density at radius 3 is 2.73 bits per heavy atom. The van der Waals surface area contributed by atoms with Gasteiger partial charge in [0.25, 0.3) is 5.91 Å². The van der Waals surface area contributed by atoms with Gasteiger partial charge in [-0.15, -0.1) is 0 Å². The van der Waals surface area contributed by atoms with Crippen LogP contribution in [0.15, 0.2) is 36.5 Å². The van der Waals surface area contributed by atoms with Crippen LogP contribution in [-0.4, -0.2) is 29.4 Å². The number of halogens is 1. The standard InChI is InChI=1S/C19H20ClN3O3/c1-12(2)26-17-8-5-13(11-21-17)19(25)22-16-10-14(6-7-15(16)20)23-9-3-4-18(23)24/h5-8,10-12H,3-4,9H2,1-2H3,(H,22,25). The van der Waals surface area contributed by atoms with Gasteiger partial charge in [-0.05, 0) is 44.5 Å². The van der Waals surface area contributed by atoms with Crippen molar-refractivity contribution in [2.75, 3.05) is 16.8 Å². The molecule has 26 heavy (non-hydrogen) atoms. The summed E-state index contributed by atoms with van der Waals surface area (Å²) in [5.41, 5.74) is 1.57. The number of nitrogens with zero attached hydrogens (tertiary/aromatic N) is 2. The van der Waals surface area contributed by atoms with Gasteiger partial charge in [0.1, 0.15) is 0 Å². The fraction of sp³-hybridized carbons (Fsp3) is 0.316. The normalized spacial score (nSPS) is 14.0. The molecule has 1 aliphatic rings. The van der Waals surface area contributed by atoms with Crippen molar-refractivity contribution in [2.45, 2.75) is 32.8 Å². The molecule has 0 spiro atoms. The van der Waals surface area contributed by atoms with Crippen LogP contribution in [0.25, 0.3) is 0 Å². The molecular weight excluding hydrogens is 354 g/mol. The molecule has 2 heterocycles. The zero-order chi connectivity index (χ0) is 18.7. The first kappa shape index (κ1) is 18.2. The first-order valence-corrected chi connectivity index (χ1v) is 8.86. The first-order chi connectivity index (χ1) is 12.4. The van der Waals surface area contributed by atoms with Crippen LogP contribution >= 0.6 is 11.6 Å². The molecule has 0 unspecified atom stereocenters. The van der Waals surface area contributed by atoms with Crippen molar-refractivity contribution in [2.24, 2.45) is 0 Å². The van der Waals surface area contributed by atoms with Crippen LogP contribution in [0.2, 0.25) is 5.02 Å². The molecule has 2 amide bonds. The van der Waals surface area contributed by atoms with E-state index in [1.807, 2.05) is 13.8 Å². The van der Waals surface area contributed by atoms with E-state index >= 15 is 0 Å². The molecule has 0 aliphatic carbocycles. The second-order valence-electron chi connectivity index (χ2n) is 6.32. The van der Waals surface area contributed by atoms with Gasteiger partial charge < -0.3 is 15.0 Å². The predicted molar refractivity (Wildman–Crippen MR) is 101 cm³/mol. The number of pyridine rings is 1. The van der Waals surface area contributed by atoms with Gasteiger partial charge >= 0.3 is 0 Å². The molecule has 1 aromatic heterocycles. The zero-order valence-corrected chi connectivity index (χ0v) is 15.4. The summed E-state index contributed by atoms with van der Waals surface area (Å²) in [5, 5.41) is 3.18. The number of ether oxygens (including phenoxy) is 1. The third kappa shape index (κ3) is 4.14. The van der Waals surface area contributed by atoms with Crippen molar-refractivity contribution in [3.63, 3.8) is 0 Å². The molecule has 3 rings (SSSR count). The van der Waals surface area contributed by atoms with Gasteiger partial charge in [0.2, 0.25) is 11.8 Å². The van der Waals surface area contributed by atoms with E-state index in [0.29, 0.717) is 35.1 Å². The summed E-state index contributed by atoms with van der Waals surface area (Å²) in [6, 6.07) is 8.46. The Kier molecular flexibility index (Phi) is 5.42. The van der Waals surface area contributed by atoms with E-state index in [0.717, 1.165) is 12.1 Å². The number of aromatic nitrogens is 1. The Hall–Kier alpha value is -2.60. The minimum atomic E-state index is -0.333. The summed E-state index contributed by atoms with van der Waals surface area (Å²) in [6.07, 6.45) is 2.84. The summed E-state index contributed by atoms with van der Waals surface area (Å²) in [6.45, 7) is 4.49. The number of hydrogen-bond acceptors (Lipinski definition) is 4. The highest BCUT2D eigenvalue weighted by molar-refractivity contribution is 6.34. The van der Waals surface area contributed by atoms with E-state index in [9.17, 15) is 9.59 Å². The second-order valence-corrected chi connectivity index (χ2v) is 6.73. The Balaban J connectivity index is 1.75. The van der Waals surface area contributed by atoms with Crippen LogP contribution < -0.4 is 15.0 Å². The summed E-state index contributed by atoms with van der Waals surface area (Å²) in [7, 11) is 0. The van der Waals surface area contributed by atoms with Gasteiger partial charge in [-0.3, -0.25) is 9.59 Å². The van der Waals surface area contributed by atoms with Crippen LogP contribution in [0.4, 0.5) is 11.4 Å². The fourth-order valence-corrected chi connectivity index (χ4v) is 2.88. The van der Waals surface area contributed by atoms with E-state index in [1.165, 1.54) is 6.20 Å². The molecule has 2 aromatic rings. The number of rotatable bonds is 5. The molecule has 7 heteroatoms. The molecule has 1 saturated heterocycles. The van der Waals surface area contributed by atoms with Crippen molar-refractivity contribution in [1.29, 1.82) is 0 Å². The number of carbonyl (C=O) groups excluding carboxylic acids is 2. The lowest BCUT2D eigenvalue weighted by molar-refractivity contribution is -0.117. The SMILES string of the molecule is CC(C)Oc1ccc(C(=O)Nc2cc(N3CCCC3=O)ccc2Cl)cn1. The first-order valence-electron chi connectivity index (χ1n) is 8.48. The Morgan fingerprint density at radius 2 is 2.12 bits per heavy atom. The summed E-state index contributed by atoms with van der Waals surface area (Å²) in [4.78, 5) is 30.2. The lowest BCUT2D eigenvalue weighted by Crippen LogP contribution is -2.23. The molecule has 1 N–H and O–H groups in total. The van der Waals surface area contributed by atoms with Gasteiger partial charge in [0.15, 0.2) is 0 Å². The Bertz CT molecular complexity index is 821. The summed E-state index contributed by atoms with van der Waals surface area (Å²) < 4.78 is 5.47. The van der Waals surface area contributed by atoms with Crippen molar-refractivity contribution < 1.29 is 14.3 Å². The fourth-order valence-electron chi connectivity index (χ4n) is 2.72. The molecule has 0 atom stereocenters. The lowest BCUT2D eigenvalue weighted by Gasteiger charge is -2.17. The molecule has 0 bridgehead atoms. The van der Waals surface area contributed by atoms with E-state index in [2.05, 4.69) is 10.3 Å². The molecule has 1 aromatic carbocycles. The largest absolute Gasteiger partial charge is 0.475 e. The average molecular weight is 374 g/mol. The topological polar surface area (TPSA) is 71.5 Å². The Labute approximate surface area is 157 Å². The maximum absolute atomic E-state index is 12.5. The van der Waals surface area contributed by atoms with Gasteiger partial charge in [0.05, 0.1) is 22.4 Å². The Morgan fingerprint density at radius 1 is 1.31 bits per heavy atom. The van der Waals surface area contributed by atoms with Crippen LogP contribution in [0, 0.1) is 0 Å². The number of hydrogen-bond donors (Lipinski definition) is 1. The number of anilines is 2. The van der Waals surface area contributed by atoms with Crippen LogP contribution in [0.1, 0.15) is 37.0 Å². The van der Waals surface area contributed by atoms with Crippen molar-refractivity contribution in [3.8, 4) is 5.88 Å². The molecule has 6 nitrogen and oxygen atoms in total. The van der Waals surface area contributed by atoms with Crippen LogP contribution in [0.3, 0.4) is 0 Å². The third-order valence-corrected chi connectivity index (χ3v) is 4.27. The van der Waals surface area contributed by atoms with E-state index in [4.69, 9.17) is 16.3 Å². The summed E-state index contributed by atoms with van der Waals surface area (Å²) in [5.74, 6) is 0.207. The summed E-state index contributed by atoms with van der Waals surface area (Å²) >= 11 is 6.20. The van der Waals surface area contributed by atoms with E-state index in [1.54, 1.807) is 35.2 Å². The maximum atomic E-state index is 12.5. The van der Waals surface area contributed by atoms with E-state index in [-0.39, 0.29) is 17.9 Å². The molecule has 1 fully saturated rings. The molecule has 1 aliphatic heterocycles. The minimum absolute atomic E-state index is 0.0111. The number of nitrogens with one attached hydrogen (secondary N) is 1. The highest BCUT2D eigenvalue weighted by Gasteiger charge is 2.22. The van der Waals surface area contributed by atoms with Crippen molar-refractivity contribution in [3.05, 3.63) is 47.1 Å². The average Bonchev–Trinajstić information content (AvgIpc) is 3.03.